The summed E-state index contributed by atoms with van der Waals surface area (Å²) in [5.41, 5.74) is 0.560. The SMILES string of the molecule is CCC(Cc1ccc(OCCN(C)c2nc(Nc3ccc(C(F)(F)F)cc3)nc(N3CCC(O)CC3)n2)cc1)C(=O)O. The highest BCUT2D eigenvalue weighted by atomic mass is 19.4. The van der Waals surface area contributed by atoms with Gasteiger partial charge < -0.3 is 30.1 Å². The van der Waals surface area contributed by atoms with Gasteiger partial charge in [0, 0.05) is 25.8 Å². The summed E-state index contributed by atoms with van der Waals surface area (Å²) in [7, 11) is 1.80. The van der Waals surface area contributed by atoms with E-state index in [1.807, 2.05) is 36.1 Å². The molecule has 4 rings (SSSR count). The molecule has 0 amide bonds. The van der Waals surface area contributed by atoms with Crippen molar-refractivity contribution in [2.45, 2.75) is 44.9 Å². The lowest BCUT2D eigenvalue weighted by Crippen LogP contribution is -2.37. The molecule has 1 unspecified atom stereocenters. The molecule has 0 radical (unpaired) electrons. The molecule has 1 saturated heterocycles. The number of ether oxygens (including phenoxy) is 1. The number of carboxylic acids is 1. The van der Waals surface area contributed by atoms with Gasteiger partial charge in [-0.1, -0.05) is 19.1 Å². The van der Waals surface area contributed by atoms with Crippen LogP contribution in [0.2, 0.25) is 0 Å². The van der Waals surface area contributed by atoms with Crippen LogP contribution in [0.1, 0.15) is 37.3 Å². The number of aliphatic hydroxyl groups is 1. The summed E-state index contributed by atoms with van der Waals surface area (Å²) in [6.45, 7) is 3.69. The number of hydrogen-bond donors (Lipinski definition) is 3. The molecule has 1 atom stereocenters. The van der Waals surface area contributed by atoms with Crippen LogP contribution >= 0.6 is 0 Å². The zero-order valence-electron chi connectivity index (χ0n) is 23.5. The number of likely N-dealkylation sites (N-methyl/N-ethyl adjacent to an activating group) is 1. The minimum atomic E-state index is -4.43. The van der Waals surface area contributed by atoms with Crippen LogP contribution in [0.3, 0.4) is 0 Å². The normalized spacial score (nSPS) is 14.9. The second kappa shape index (κ2) is 13.7. The monoisotopic (exact) mass is 588 g/mol. The van der Waals surface area contributed by atoms with Crippen molar-refractivity contribution in [2.75, 3.05) is 48.4 Å². The summed E-state index contributed by atoms with van der Waals surface area (Å²) < 4.78 is 44.8. The third kappa shape index (κ3) is 8.44. The van der Waals surface area contributed by atoms with E-state index >= 15 is 0 Å². The molecule has 0 saturated carbocycles. The standard InChI is InChI=1S/C29H35F3N6O4/c1-3-20(25(40)41)18-19-4-10-24(11-5-19)42-17-16-37(2)27-34-26(33-22-8-6-21(7-9-22)29(30,31)32)35-28(36-27)38-14-12-23(39)13-15-38/h4-11,20,23,39H,3,12-18H2,1-2H3,(H,40,41)(H,33,34,35,36). The first-order chi connectivity index (χ1) is 20.0. The van der Waals surface area contributed by atoms with E-state index in [2.05, 4.69) is 20.3 Å². The van der Waals surface area contributed by atoms with Crippen LogP contribution in [-0.2, 0) is 17.4 Å². The molecule has 42 heavy (non-hydrogen) atoms. The molecule has 13 heteroatoms. The fourth-order valence-electron chi connectivity index (χ4n) is 4.47. The lowest BCUT2D eigenvalue weighted by molar-refractivity contribution is -0.141. The van der Waals surface area contributed by atoms with Crippen molar-refractivity contribution in [2.24, 2.45) is 5.92 Å². The molecule has 0 spiro atoms. The van der Waals surface area contributed by atoms with E-state index in [-0.39, 0.29) is 12.1 Å². The van der Waals surface area contributed by atoms with Crippen molar-refractivity contribution >= 4 is 29.5 Å². The van der Waals surface area contributed by atoms with E-state index in [0.717, 1.165) is 17.7 Å². The van der Waals surface area contributed by atoms with Gasteiger partial charge in [0.15, 0.2) is 0 Å². The fourth-order valence-corrected chi connectivity index (χ4v) is 4.47. The maximum Gasteiger partial charge on any atom is 0.416 e. The first kappa shape index (κ1) is 30.8. The van der Waals surface area contributed by atoms with Crippen molar-refractivity contribution < 1.29 is 32.9 Å². The molecule has 2 heterocycles. The van der Waals surface area contributed by atoms with Crippen LogP contribution in [0.5, 0.6) is 5.75 Å². The van der Waals surface area contributed by atoms with Gasteiger partial charge in [-0.15, -0.1) is 0 Å². The molecular weight excluding hydrogens is 553 g/mol. The molecule has 1 fully saturated rings. The Balaban J connectivity index is 1.43. The summed E-state index contributed by atoms with van der Waals surface area (Å²) in [6, 6.07) is 11.9. The van der Waals surface area contributed by atoms with Crippen molar-refractivity contribution in [1.29, 1.82) is 0 Å². The molecule has 3 aromatic rings. The third-order valence-corrected chi connectivity index (χ3v) is 7.11. The number of aliphatic carboxylic acids is 1. The summed E-state index contributed by atoms with van der Waals surface area (Å²) >= 11 is 0. The number of nitrogens with zero attached hydrogens (tertiary/aromatic N) is 5. The smallest absolute Gasteiger partial charge is 0.416 e. The lowest BCUT2D eigenvalue weighted by atomic mass is 9.97. The van der Waals surface area contributed by atoms with Crippen LogP contribution in [0.4, 0.5) is 36.7 Å². The Morgan fingerprint density at radius 2 is 1.76 bits per heavy atom. The molecule has 1 aliphatic heterocycles. The number of nitrogens with one attached hydrogen (secondary N) is 1. The van der Waals surface area contributed by atoms with Crippen LogP contribution in [0.15, 0.2) is 48.5 Å². The number of halogens is 3. The molecule has 1 aliphatic rings. The number of hydrogen-bond acceptors (Lipinski definition) is 9. The zero-order chi connectivity index (χ0) is 30.3. The summed E-state index contributed by atoms with van der Waals surface area (Å²) in [5.74, 6) is 0.330. The Bertz CT molecular complexity index is 1320. The van der Waals surface area contributed by atoms with Crippen molar-refractivity contribution in [1.82, 2.24) is 15.0 Å². The lowest BCUT2D eigenvalue weighted by Gasteiger charge is -2.30. The minimum absolute atomic E-state index is 0.177. The number of carboxylic acid groups (broad SMARTS) is 1. The first-order valence-electron chi connectivity index (χ1n) is 13.8. The number of anilines is 4. The number of alkyl halides is 3. The zero-order valence-corrected chi connectivity index (χ0v) is 23.5. The Kier molecular flexibility index (Phi) is 10.0. The molecule has 10 nitrogen and oxygen atoms in total. The molecule has 2 aromatic carbocycles. The summed E-state index contributed by atoms with van der Waals surface area (Å²) in [5, 5.41) is 22.2. The third-order valence-electron chi connectivity index (χ3n) is 7.11. The fraction of sp³-hybridized carbons (Fsp3) is 0.448. The number of benzene rings is 2. The Morgan fingerprint density at radius 3 is 2.36 bits per heavy atom. The number of aromatic nitrogens is 3. The Labute approximate surface area is 242 Å². The van der Waals surface area contributed by atoms with Crippen molar-refractivity contribution in [3.05, 3.63) is 59.7 Å². The van der Waals surface area contributed by atoms with Crippen LogP contribution in [0.25, 0.3) is 0 Å². The second-order valence-corrected chi connectivity index (χ2v) is 10.2. The summed E-state index contributed by atoms with van der Waals surface area (Å²) in [6.07, 6.45) is -2.67. The van der Waals surface area contributed by atoms with Gasteiger partial charge >= 0.3 is 12.1 Å². The molecule has 226 valence electrons. The average molecular weight is 589 g/mol. The predicted molar refractivity (Wildman–Crippen MR) is 152 cm³/mol. The van der Waals surface area contributed by atoms with E-state index < -0.39 is 23.6 Å². The largest absolute Gasteiger partial charge is 0.492 e. The second-order valence-electron chi connectivity index (χ2n) is 10.2. The van der Waals surface area contributed by atoms with Gasteiger partial charge in [0.05, 0.1) is 24.1 Å². The van der Waals surface area contributed by atoms with Gasteiger partial charge in [0.2, 0.25) is 17.8 Å². The Morgan fingerprint density at radius 1 is 1.10 bits per heavy atom. The van der Waals surface area contributed by atoms with Gasteiger partial charge in [-0.2, -0.15) is 28.1 Å². The van der Waals surface area contributed by atoms with Gasteiger partial charge in [0.1, 0.15) is 12.4 Å². The average Bonchev–Trinajstić information content (AvgIpc) is 2.96. The number of aliphatic hydroxyl groups excluding tert-OH is 1. The number of rotatable bonds is 12. The maximum atomic E-state index is 13.0. The highest BCUT2D eigenvalue weighted by molar-refractivity contribution is 5.70. The highest BCUT2D eigenvalue weighted by Gasteiger charge is 2.30. The molecule has 0 aliphatic carbocycles. The Hall–Kier alpha value is -4.13. The topological polar surface area (TPSA) is 124 Å². The van der Waals surface area contributed by atoms with Crippen LogP contribution < -0.4 is 19.9 Å². The van der Waals surface area contributed by atoms with Crippen molar-refractivity contribution in [3.63, 3.8) is 0 Å². The van der Waals surface area contributed by atoms with Crippen LogP contribution in [-0.4, -0.2) is 70.5 Å². The number of piperidine rings is 1. The highest BCUT2D eigenvalue weighted by Crippen LogP contribution is 2.30. The van der Waals surface area contributed by atoms with E-state index in [4.69, 9.17) is 4.74 Å². The minimum Gasteiger partial charge on any atom is -0.492 e. The summed E-state index contributed by atoms with van der Waals surface area (Å²) in [4.78, 5) is 28.6. The van der Waals surface area contributed by atoms with E-state index in [0.29, 0.717) is 75.3 Å². The van der Waals surface area contributed by atoms with E-state index in [9.17, 15) is 28.2 Å². The van der Waals surface area contributed by atoms with Gasteiger partial charge in [0.25, 0.3) is 0 Å². The van der Waals surface area contributed by atoms with Crippen molar-refractivity contribution in [3.8, 4) is 5.75 Å². The van der Waals surface area contributed by atoms with E-state index in [1.54, 1.807) is 11.9 Å². The predicted octanol–water partition coefficient (Wildman–Crippen LogP) is 4.76. The van der Waals surface area contributed by atoms with Gasteiger partial charge in [-0.3, -0.25) is 4.79 Å². The first-order valence-corrected chi connectivity index (χ1v) is 13.8. The quantitative estimate of drug-likeness (QED) is 0.273. The van der Waals surface area contributed by atoms with Gasteiger partial charge in [-0.25, -0.2) is 0 Å². The molecular formula is C29H35F3N6O4. The maximum absolute atomic E-state index is 13.0. The van der Waals surface area contributed by atoms with E-state index in [1.165, 1.54) is 12.1 Å². The molecule has 3 N–H and O–H groups in total. The molecule has 0 bridgehead atoms. The van der Waals surface area contributed by atoms with Gasteiger partial charge in [-0.05, 0) is 67.6 Å². The molecule has 1 aromatic heterocycles. The van der Waals surface area contributed by atoms with Crippen LogP contribution in [0, 0.1) is 5.92 Å². The number of carbonyl (C=O) groups is 1.